The fourth-order valence-corrected chi connectivity index (χ4v) is 3.90. The van der Waals surface area contributed by atoms with Gasteiger partial charge in [0.05, 0.1) is 35.6 Å². The summed E-state index contributed by atoms with van der Waals surface area (Å²) >= 11 is 0. The first kappa shape index (κ1) is 15.6. The first-order valence-electron chi connectivity index (χ1n) is 7.17. The van der Waals surface area contributed by atoms with E-state index in [-0.39, 0.29) is 5.91 Å². The molecule has 1 unspecified atom stereocenters. The van der Waals surface area contributed by atoms with Crippen molar-refractivity contribution in [2.45, 2.75) is 4.90 Å². The first-order valence-corrected chi connectivity index (χ1v) is 8.49. The van der Waals surface area contributed by atoms with Crippen molar-refractivity contribution in [3.05, 3.63) is 48.0 Å². The molecule has 2 aromatic rings. The Morgan fingerprint density at radius 3 is 2.35 bits per heavy atom. The Kier molecular flexibility index (Phi) is 4.34. The molecule has 0 bridgehead atoms. The number of amides is 1. The summed E-state index contributed by atoms with van der Waals surface area (Å²) in [6.45, 7) is 0.393. The lowest BCUT2D eigenvalue weighted by Crippen LogP contribution is -2.38. The number of carbonyl (C=O) groups is 1. The minimum absolute atomic E-state index is 0.219. The Morgan fingerprint density at radius 2 is 1.70 bits per heavy atom. The van der Waals surface area contributed by atoms with Crippen molar-refractivity contribution in [1.29, 1.82) is 0 Å². The lowest BCUT2D eigenvalue weighted by Gasteiger charge is -2.29. The van der Waals surface area contributed by atoms with Gasteiger partial charge in [-0.25, -0.2) is 0 Å². The minimum atomic E-state index is -1.08. The third-order valence-corrected chi connectivity index (χ3v) is 5.18. The molecule has 0 saturated heterocycles. The minimum Gasteiger partial charge on any atom is -0.496 e. The van der Waals surface area contributed by atoms with E-state index in [0.717, 1.165) is 0 Å². The van der Waals surface area contributed by atoms with Crippen LogP contribution >= 0.6 is 0 Å². The van der Waals surface area contributed by atoms with E-state index in [1.54, 1.807) is 29.2 Å². The van der Waals surface area contributed by atoms with Gasteiger partial charge in [0.25, 0.3) is 5.91 Å². The topological polar surface area (TPSA) is 55.8 Å². The second-order valence-corrected chi connectivity index (χ2v) is 6.55. The van der Waals surface area contributed by atoms with Gasteiger partial charge in [-0.1, -0.05) is 18.2 Å². The van der Waals surface area contributed by atoms with Crippen molar-refractivity contribution < 1.29 is 18.5 Å². The second-order valence-electron chi connectivity index (χ2n) is 5.01. The average Bonchev–Trinajstić information content (AvgIpc) is 2.61. The second kappa shape index (κ2) is 6.42. The van der Waals surface area contributed by atoms with E-state index in [0.29, 0.717) is 39.9 Å². The SMILES string of the molecule is COc1cccc(OC)c1C(=O)N1CCS(=O)c2ccccc21. The van der Waals surface area contributed by atoms with Gasteiger partial charge in [0.1, 0.15) is 17.1 Å². The van der Waals surface area contributed by atoms with Crippen molar-refractivity contribution in [3.8, 4) is 11.5 Å². The molecule has 1 amide bonds. The molecule has 0 radical (unpaired) electrons. The van der Waals surface area contributed by atoms with Gasteiger partial charge in [-0.05, 0) is 24.3 Å². The molecule has 6 heteroatoms. The third kappa shape index (κ3) is 2.70. The third-order valence-electron chi connectivity index (χ3n) is 3.79. The molecule has 1 aliphatic heterocycles. The molecular weight excluding hydrogens is 314 g/mol. The molecule has 3 rings (SSSR count). The van der Waals surface area contributed by atoms with E-state index < -0.39 is 10.8 Å². The number of benzene rings is 2. The lowest BCUT2D eigenvalue weighted by atomic mass is 10.1. The van der Waals surface area contributed by atoms with Crippen LogP contribution in [0.4, 0.5) is 5.69 Å². The van der Waals surface area contributed by atoms with Crippen LogP contribution in [0, 0.1) is 0 Å². The van der Waals surface area contributed by atoms with Gasteiger partial charge in [0.2, 0.25) is 0 Å². The number of ether oxygens (including phenoxy) is 2. The zero-order chi connectivity index (χ0) is 16.4. The standard InChI is InChI=1S/C17H17NO4S/c1-21-13-7-5-8-14(22-2)16(13)17(19)18-10-11-23(20)15-9-4-3-6-12(15)18/h3-9H,10-11H2,1-2H3. The van der Waals surface area contributed by atoms with Gasteiger partial charge in [0.15, 0.2) is 0 Å². The molecule has 0 fully saturated rings. The maximum Gasteiger partial charge on any atom is 0.265 e. The quantitative estimate of drug-likeness (QED) is 0.867. The van der Waals surface area contributed by atoms with Crippen LogP contribution in [0.25, 0.3) is 0 Å². The van der Waals surface area contributed by atoms with Crippen LogP contribution in [0.3, 0.4) is 0 Å². The molecule has 120 valence electrons. The van der Waals surface area contributed by atoms with E-state index in [4.69, 9.17) is 9.47 Å². The summed E-state index contributed by atoms with van der Waals surface area (Å²) in [6.07, 6.45) is 0. The zero-order valence-corrected chi connectivity index (χ0v) is 13.8. The summed E-state index contributed by atoms with van der Waals surface area (Å²) < 4.78 is 22.8. The largest absolute Gasteiger partial charge is 0.496 e. The molecule has 0 saturated carbocycles. The normalized spacial score (nSPS) is 16.6. The van der Waals surface area contributed by atoms with Crippen LogP contribution in [0.2, 0.25) is 0 Å². The Hall–Kier alpha value is -2.34. The molecule has 0 aromatic heterocycles. The first-order chi connectivity index (χ1) is 11.2. The highest BCUT2D eigenvalue weighted by molar-refractivity contribution is 7.85. The van der Waals surface area contributed by atoms with Crippen molar-refractivity contribution in [1.82, 2.24) is 0 Å². The van der Waals surface area contributed by atoms with Crippen molar-refractivity contribution in [2.75, 3.05) is 31.4 Å². The molecular formula is C17H17NO4S. The number of fused-ring (bicyclic) bond motifs is 1. The highest BCUT2D eigenvalue weighted by atomic mass is 32.2. The van der Waals surface area contributed by atoms with Gasteiger partial charge >= 0.3 is 0 Å². The molecule has 1 atom stereocenters. The Bertz CT molecular complexity index is 753. The summed E-state index contributed by atoms with van der Waals surface area (Å²) in [5.74, 6) is 1.11. The molecule has 23 heavy (non-hydrogen) atoms. The van der Waals surface area contributed by atoms with Gasteiger partial charge < -0.3 is 14.4 Å². The molecule has 2 aromatic carbocycles. The highest BCUT2D eigenvalue weighted by Crippen LogP contribution is 2.34. The number of methoxy groups -OCH3 is 2. The van der Waals surface area contributed by atoms with Crippen LogP contribution in [0.15, 0.2) is 47.4 Å². The van der Waals surface area contributed by atoms with E-state index in [1.165, 1.54) is 14.2 Å². The molecule has 0 spiro atoms. The fourth-order valence-electron chi connectivity index (χ4n) is 2.69. The van der Waals surface area contributed by atoms with Crippen molar-refractivity contribution >= 4 is 22.4 Å². The molecule has 5 nitrogen and oxygen atoms in total. The van der Waals surface area contributed by atoms with Crippen LogP contribution < -0.4 is 14.4 Å². The summed E-state index contributed by atoms with van der Waals surface area (Å²) in [7, 11) is 1.96. The number of rotatable bonds is 3. The zero-order valence-electron chi connectivity index (χ0n) is 12.9. The predicted octanol–water partition coefficient (Wildman–Crippen LogP) is 2.47. The van der Waals surface area contributed by atoms with Crippen molar-refractivity contribution in [3.63, 3.8) is 0 Å². The summed E-state index contributed by atoms with van der Waals surface area (Å²) in [5, 5.41) is 0. The summed E-state index contributed by atoms with van der Waals surface area (Å²) in [4.78, 5) is 15.4. The van der Waals surface area contributed by atoms with Crippen molar-refractivity contribution in [2.24, 2.45) is 0 Å². The molecule has 0 N–H and O–H groups in total. The van der Waals surface area contributed by atoms with Crippen LogP contribution in [-0.4, -0.2) is 36.6 Å². The summed E-state index contributed by atoms with van der Waals surface area (Å²) in [5.41, 5.74) is 1.05. The van der Waals surface area contributed by atoms with E-state index in [1.807, 2.05) is 18.2 Å². The van der Waals surface area contributed by atoms with E-state index in [2.05, 4.69) is 0 Å². The van der Waals surface area contributed by atoms with Crippen LogP contribution in [0.1, 0.15) is 10.4 Å². The molecule has 1 aliphatic rings. The van der Waals surface area contributed by atoms with Crippen LogP contribution in [-0.2, 0) is 10.8 Å². The average molecular weight is 331 g/mol. The molecule has 0 aliphatic carbocycles. The van der Waals surface area contributed by atoms with E-state index >= 15 is 0 Å². The number of anilines is 1. The Morgan fingerprint density at radius 1 is 1.04 bits per heavy atom. The van der Waals surface area contributed by atoms with Gasteiger partial charge in [-0.15, -0.1) is 0 Å². The Labute approximate surface area is 137 Å². The fraction of sp³-hybridized carbons (Fsp3) is 0.235. The Balaban J connectivity index is 2.09. The molecule has 1 heterocycles. The summed E-state index contributed by atoms with van der Waals surface area (Å²) in [6, 6.07) is 12.5. The van der Waals surface area contributed by atoms with Gasteiger partial charge in [-0.3, -0.25) is 9.00 Å². The number of nitrogens with zero attached hydrogens (tertiary/aromatic N) is 1. The van der Waals surface area contributed by atoms with E-state index in [9.17, 15) is 9.00 Å². The van der Waals surface area contributed by atoms with Gasteiger partial charge in [0, 0.05) is 12.3 Å². The number of hydrogen-bond acceptors (Lipinski definition) is 4. The van der Waals surface area contributed by atoms with Crippen LogP contribution in [0.5, 0.6) is 11.5 Å². The maximum absolute atomic E-state index is 13.1. The van der Waals surface area contributed by atoms with Gasteiger partial charge in [-0.2, -0.15) is 0 Å². The smallest absolute Gasteiger partial charge is 0.265 e. The highest BCUT2D eigenvalue weighted by Gasteiger charge is 2.30. The monoisotopic (exact) mass is 331 g/mol. The number of carbonyl (C=O) groups excluding carboxylic acids is 1. The number of hydrogen-bond donors (Lipinski definition) is 0. The number of para-hydroxylation sites is 1. The predicted molar refractivity (Wildman–Crippen MR) is 88.9 cm³/mol. The lowest BCUT2D eigenvalue weighted by molar-refractivity contribution is 0.0981. The maximum atomic E-state index is 13.1.